The SMILES string of the molecule is NS(=O)(=O)c1cc(F)cc(C(=O)NCC2CCOC2)c1. The van der Waals surface area contributed by atoms with Gasteiger partial charge in [-0.05, 0) is 24.6 Å². The molecule has 1 saturated heterocycles. The van der Waals surface area contributed by atoms with Crippen LogP contribution in [0.3, 0.4) is 0 Å². The van der Waals surface area contributed by atoms with Crippen molar-refractivity contribution in [3.8, 4) is 0 Å². The van der Waals surface area contributed by atoms with E-state index in [-0.39, 0.29) is 11.5 Å². The van der Waals surface area contributed by atoms with Gasteiger partial charge in [0.2, 0.25) is 10.0 Å². The third-order valence-electron chi connectivity index (χ3n) is 3.04. The van der Waals surface area contributed by atoms with Gasteiger partial charge in [-0.1, -0.05) is 0 Å². The van der Waals surface area contributed by atoms with Crippen LogP contribution in [-0.4, -0.2) is 34.1 Å². The second-order valence-corrected chi connectivity index (χ2v) is 6.22. The van der Waals surface area contributed by atoms with Crippen molar-refractivity contribution in [2.75, 3.05) is 19.8 Å². The van der Waals surface area contributed by atoms with Crippen LogP contribution in [-0.2, 0) is 14.8 Å². The van der Waals surface area contributed by atoms with E-state index in [0.29, 0.717) is 19.8 Å². The van der Waals surface area contributed by atoms with Gasteiger partial charge in [0, 0.05) is 24.6 Å². The minimum Gasteiger partial charge on any atom is -0.381 e. The molecule has 0 aliphatic carbocycles. The first-order valence-electron chi connectivity index (χ1n) is 6.05. The number of hydrogen-bond donors (Lipinski definition) is 2. The predicted octanol–water partition coefficient (Wildman–Crippen LogP) is 0.239. The normalized spacial score (nSPS) is 19.0. The number of carbonyl (C=O) groups excluding carboxylic acids is 1. The smallest absolute Gasteiger partial charge is 0.251 e. The van der Waals surface area contributed by atoms with E-state index >= 15 is 0 Å². The molecule has 0 saturated carbocycles. The third kappa shape index (κ3) is 3.75. The highest BCUT2D eigenvalue weighted by Gasteiger charge is 2.18. The molecule has 1 atom stereocenters. The Morgan fingerprint density at radius 2 is 2.20 bits per heavy atom. The summed E-state index contributed by atoms with van der Waals surface area (Å²) in [4.78, 5) is 11.5. The van der Waals surface area contributed by atoms with Crippen LogP contribution in [0.1, 0.15) is 16.8 Å². The van der Waals surface area contributed by atoms with Crippen molar-refractivity contribution in [2.24, 2.45) is 11.1 Å². The maximum atomic E-state index is 13.3. The van der Waals surface area contributed by atoms with Crippen LogP contribution < -0.4 is 10.5 Å². The summed E-state index contributed by atoms with van der Waals surface area (Å²) in [6.07, 6.45) is 0.853. The number of ether oxygens (including phenoxy) is 1. The highest BCUT2D eigenvalue weighted by atomic mass is 32.2. The van der Waals surface area contributed by atoms with Crippen LogP contribution in [0.4, 0.5) is 4.39 Å². The van der Waals surface area contributed by atoms with Crippen LogP contribution in [0, 0.1) is 11.7 Å². The Balaban J connectivity index is 2.11. The van der Waals surface area contributed by atoms with Gasteiger partial charge < -0.3 is 10.1 Å². The number of hydrogen-bond acceptors (Lipinski definition) is 4. The number of halogens is 1. The van der Waals surface area contributed by atoms with Crippen LogP contribution in [0.2, 0.25) is 0 Å². The fourth-order valence-electron chi connectivity index (χ4n) is 1.94. The Labute approximate surface area is 116 Å². The summed E-state index contributed by atoms with van der Waals surface area (Å²) in [5.74, 6) is -1.14. The van der Waals surface area contributed by atoms with Gasteiger partial charge in [-0.15, -0.1) is 0 Å². The maximum absolute atomic E-state index is 13.3. The summed E-state index contributed by atoms with van der Waals surface area (Å²) < 4.78 is 40.9. The van der Waals surface area contributed by atoms with Crippen molar-refractivity contribution in [1.29, 1.82) is 0 Å². The molecule has 1 aromatic rings. The molecule has 0 spiro atoms. The summed E-state index contributed by atoms with van der Waals surface area (Å²) in [5.41, 5.74) is -0.0760. The van der Waals surface area contributed by atoms with Crippen molar-refractivity contribution in [1.82, 2.24) is 5.32 Å². The summed E-state index contributed by atoms with van der Waals surface area (Å²) in [6, 6.07) is 2.80. The summed E-state index contributed by atoms with van der Waals surface area (Å²) >= 11 is 0. The van der Waals surface area contributed by atoms with E-state index < -0.39 is 26.6 Å². The Hall–Kier alpha value is -1.51. The van der Waals surface area contributed by atoms with E-state index in [0.717, 1.165) is 24.6 Å². The largest absolute Gasteiger partial charge is 0.381 e. The fraction of sp³-hybridized carbons (Fsp3) is 0.417. The monoisotopic (exact) mass is 302 g/mol. The summed E-state index contributed by atoms with van der Waals surface area (Å²) in [5, 5.41) is 7.55. The first kappa shape index (κ1) is 14.9. The van der Waals surface area contributed by atoms with E-state index in [1.807, 2.05) is 0 Å². The van der Waals surface area contributed by atoms with Crippen molar-refractivity contribution < 1.29 is 22.3 Å². The molecular formula is C12H15FN2O4S. The number of nitrogens with two attached hydrogens (primary N) is 1. The predicted molar refractivity (Wildman–Crippen MR) is 69.0 cm³/mol. The van der Waals surface area contributed by atoms with Crippen molar-refractivity contribution in [3.63, 3.8) is 0 Å². The molecule has 3 N–H and O–H groups in total. The molecule has 1 heterocycles. The number of primary sulfonamides is 1. The number of rotatable bonds is 4. The van der Waals surface area contributed by atoms with Gasteiger partial charge in [0.05, 0.1) is 11.5 Å². The molecule has 6 nitrogen and oxygen atoms in total. The first-order chi connectivity index (χ1) is 9.36. The molecular weight excluding hydrogens is 287 g/mol. The second kappa shape index (κ2) is 5.86. The lowest BCUT2D eigenvalue weighted by atomic mass is 10.1. The van der Waals surface area contributed by atoms with Crippen LogP contribution >= 0.6 is 0 Å². The van der Waals surface area contributed by atoms with Gasteiger partial charge in [0.15, 0.2) is 0 Å². The van der Waals surface area contributed by atoms with E-state index in [9.17, 15) is 17.6 Å². The van der Waals surface area contributed by atoms with Gasteiger partial charge in [0.1, 0.15) is 5.82 Å². The number of benzene rings is 1. The second-order valence-electron chi connectivity index (χ2n) is 4.66. The number of carbonyl (C=O) groups is 1. The highest BCUT2D eigenvalue weighted by molar-refractivity contribution is 7.89. The first-order valence-corrected chi connectivity index (χ1v) is 7.60. The van der Waals surface area contributed by atoms with Crippen molar-refractivity contribution in [2.45, 2.75) is 11.3 Å². The van der Waals surface area contributed by atoms with Gasteiger partial charge in [-0.25, -0.2) is 17.9 Å². The van der Waals surface area contributed by atoms with E-state index in [1.165, 1.54) is 0 Å². The van der Waals surface area contributed by atoms with Crippen LogP contribution in [0.15, 0.2) is 23.1 Å². The minimum absolute atomic E-state index is 0.0760. The molecule has 1 unspecified atom stereocenters. The van der Waals surface area contributed by atoms with Crippen LogP contribution in [0.25, 0.3) is 0 Å². The molecule has 1 amide bonds. The van der Waals surface area contributed by atoms with Crippen molar-refractivity contribution >= 4 is 15.9 Å². The van der Waals surface area contributed by atoms with E-state index in [1.54, 1.807) is 0 Å². The van der Waals surface area contributed by atoms with Gasteiger partial charge in [-0.3, -0.25) is 4.79 Å². The zero-order chi connectivity index (χ0) is 14.8. The number of sulfonamides is 1. The molecule has 0 radical (unpaired) electrons. The van der Waals surface area contributed by atoms with Gasteiger partial charge in [0.25, 0.3) is 5.91 Å². The molecule has 1 fully saturated rings. The number of nitrogens with one attached hydrogen (secondary N) is 1. The number of amides is 1. The lowest BCUT2D eigenvalue weighted by Crippen LogP contribution is -2.29. The summed E-state index contributed by atoms with van der Waals surface area (Å²) in [7, 11) is -4.05. The topological polar surface area (TPSA) is 98.5 Å². The lowest BCUT2D eigenvalue weighted by Gasteiger charge is -2.10. The maximum Gasteiger partial charge on any atom is 0.251 e. The third-order valence-corrected chi connectivity index (χ3v) is 3.93. The fourth-order valence-corrected chi connectivity index (χ4v) is 2.51. The average molecular weight is 302 g/mol. The van der Waals surface area contributed by atoms with E-state index in [2.05, 4.69) is 5.32 Å². The quantitative estimate of drug-likeness (QED) is 0.832. The average Bonchev–Trinajstić information content (AvgIpc) is 2.87. The molecule has 0 aromatic heterocycles. The zero-order valence-corrected chi connectivity index (χ0v) is 11.5. The summed E-state index contributed by atoms with van der Waals surface area (Å²) in [6.45, 7) is 1.64. The Morgan fingerprint density at radius 3 is 2.80 bits per heavy atom. The minimum atomic E-state index is -4.05. The zero-order valence-electron chi connectivity index (χ0n) is 10.6. The Kier molecular flexibility index (Phi) is 4.36. The standard InChI is InChI=1S/C12H15FN2O4S/c13-10-3-9(4-11(5-10)20(14,17)18)12(16)15-6-8-1-2-19-7-8/h3-5,8H,1-2,6-7H2,(H,15,16)(H2,14,17,18). The molecule has 1 aliphatic heterocycles. The molecule has 2 rings (SSSR count). The molecule has 20 heavy (non-hydrogen) atoms. The molecule has 8 heteroatoms. The van der Waals surface area contributed by atoms with E-state index in [4.69, 9.17) is 9.88 Å². The molecule has 1 aromatic carbocycles. The highest BCUT2D eigenvalue weighted by Crippen LogP contribution is 2.14. The van der Waals surface area contributed by atoms with Gasteiger partial charge in [-0.2, -0.15) is 0 Å². The van der Waals surface area contributed by atoms with Crippen LogP contribution in [0.5, 0.6) is 0 Å². The Bertz CT molecular complexity index is 612. The molecule has 0 bridgehead atoms. The van der Waals surface area contributed by atoms with Crippen molar-refractivity contribution in [3.05, 3.63) is 29.6 Å². The lowest BCUT2D eigenvalue weighted by molar-refractivity contribution is 0.0944. The molecule has 110 valence electrons. The Morgan fingerprint density at radius 1 is 1.45 bits per heavy atom. The molecule has 1 aliphatic rings. The van der Waals surface area contributed by atoms with Gasteiger partial charge >= 0.3 is 0 Å².